The Kier molecular flexibility index (Phi) is 4.18. The summed E-state index contributed by atoms with van der Waals surface area (Å²) in [6, 6.07) is 7.55. The molecule has 0 aliphatic carbocycles. The molecule has 2 rings (SSSR count). The molecule has 0 aliphatic rings. The first kappa shape index (κ1) is 14.5. The first-order chi connectivity index (χ1) is 10.0. The molecule has 1 aromatic heterocycles. The van der Waals surface area contributed by atoms with Gasteiger partial charge in [-0.25, -0.2) is 0 Å². The lowest BCUT2D eigenvalue weighted by atomic mass is 10.1. The van der Waals surface area contributed by atoms with E-state index in [-0.39, 0.29) is 0 Å². The number of hydrogen-bond acceptors (Lipinski definition) is 7. The van der Waals surface area contributed by atoms with E-state index in [4.69, 9.17) is 5.26 Å². The highest BCUT2D eigenvalue weighted by Crippen LogP contribution is 2.21. The Hall–Kier alpha value is -2.88. The summed E-state index contributed by atoms with van der Waals surface area (Å²) >= 11 is 0. The average Bonchev–Trinajstić information content (AvgIpc) is 2.49. The first-order valence-electron chi connectivity index (χ1n) is 6.42. The number of nitrogens with one attached hydrogen (secondary N) is 2. The van der Waals surface area contributed by atoms with Crippen LogP contribution in [0.4, 0.5) is 23.5 Å². The van der Waals surface area contributed by atoms with Crippen LogP contribution in [0.3, 0.4) is 0 Å². The molecule has 0 bridgehead atoms. The summed E-state index contributed by atoms with van der Waals surface area (Å²) in [5, 5.41) is 15.0. The number of nitriles is 1. The van der Waals surface area contributed by atoms with Gasteiger partial charge in [-0.1, -0.05) is 6.07 Å². The second kappa shape index (κ2) is 6.05. The van der Waals surface area contributed by atoms with Gasteiger partial charge in [-0.2, -0.15) is 20.2 Å². The number of hydrogen-bond donors (Lipinski definition) is 2. The topological polar surface area (TPSA) is 89.8 Å². The molecule has 0 amide bonds. The summed E-state index contributed by atoms with van der Waals surface area (Å²) in [4.78, 5) is 14.7. The van der Waals surface area contributed by atoms with Gasteiger partial charge in [0.1, 0.15) is 0 Å². The van der Waals surface area contributed by atoms with Crippen LogP contribution in [0.5, 0.6) is 0 Å². The number of nitrogens with zero attached hydrogens (tertiary/aromatic N) is 5. The Morgan fingerprint density at radius 1 is 1.14 bits per heavy atom. The molecule has 1 heterocycles. The maximum atomic E-state index is 8.98. The molecule has 0 saturated heterocycles. The smallest absolute Gasteiger partial charge is 0.233 e. The van der Waals surface area contributed by atoms with E-state index in [0.29, 0.717) is 23.4 Å². The molecule has 108 valence electrons. The standard InChI is InChI=1S/C14H17N7/c1-9-5-6-10(8-15)7-11(9)17-13-18-12(16-2)19-14(20-13)21(3)4/h5-7H,1-4H3,(H2,16,17,18,19,20). The minimum Gasteiger partial charge on any atom is -0.357 e. The Bertz CT molecular complexity index is 688. The highest BCUT2D eigenvalue weighted by molar-refractivity contribution is 5.62. The fraction of sp³-hybridized carbons (Fsp3) is 0.286. The molecule has 0 radical (unpaired) electrons. The quantitative estimate of drug-likeness (QED) is 0.885. The molecule has 0 atom stereocenters. The summed E-state index contributed by atoms with van der Waals surface area (Å²) in [6.07, 6.45) is 0. The zero-order valence-corrected chi connectivity index (χ0v) is 12.5. The first-order valence-corrected chi connectivity index (χ1v) is 6.42. The molecular formula is C14H17N7. The predicted octanol–water partition coefficient (Wildman–Crippen LogP) is 1.90. The summed E-state index contributed by atoms with van der Waals surface area (Å²) in [7, 11) is 5.47. The minimum absolute atomic E-state index is 0.427. The van der Waals surface area contributed by atoms with Gasteiger partial charge in [-0.05, 0) is 24.6 Å². The van der Waals surface area contributed by atoms with Crippen molar-refractivity contribution in [3.63, 3.8) is 0 Å². The van der Waals surface area contributed by atoms with E-state index < -0.39 is 0 Å². The average molecular weight is 283 g/mol. The molecule has 0 unspecified atom stereocenters. The maximum Gasteiger partial charge on any atom is 0.233 e. The van der Waals surface area contributed by atoms with Crippen LogP contribution in [0.1, 0.15) is 11.1 Å². The summed E-state index contributed by atoms with van der Waals surface area (Å²) in [6.45, 7) is 1.95. The van der Waals surface area contributed by atoms with E-state index in [1.807, 2.05) is 27.1 Å². The third-order valence-electron chi connectivity index (χ3n) is 2.86. The van der Waals surface area contributed by atoms with Crippen molar-refractivity contribution < 1.29 is 0 Å². The van der Waals surface area contributed by atoms with Crippen LogP contribution < -0.4 is 15.5 Å². The second-order valence-corrected chi connectivity index (χ2v) is 4.69. The monoisotopic (exact) mass is 283 g/mol. The molecule has 0 fully saturated rings. The lowest BCUT2D eigenvalue weighted by Crippen LogP contribution is -2.15. The van der Waals surface area contributed by atoms with Crippen molar-refractivity contribution in [1.29, 1.82) is 5.26 Å². The molecule has 7 heteroatoms. The SMILES string of the molecule is CNc1nc(Nc2cc(C#N)ccc2C)nc(N(C)C)n1. The molecular weight excluding hydrogens is 266 g/mol. The number of aryl methyl sites for hydroxylation is 1. The van der Waals surface area contributed by atoms with Crippen molar-refractivity contribution >= 4 is 23.5 Å². The van der Waals surface area contributed by atoms with Crippen LogP contribution >= 0.6 is 0 Å². The molecule has 2 aromatic rings. The Labute approximate surface area is 123 Å². The molecule has 21 heavy (non-hydrogen) atoms. The maximum absolute atomic E-state index is 8.98. The molecule has 0 aliphatic heterocycles. The van der Waals surface area contributed by atoms with Gasteiger partial charge in [0.2, 0.25) is 17.8 Å². The van der Waals surface area contributed by atoms with Crippen LogP contribution in [0.2, 0.25) is 0 Å². The third kappa shape index (κ3) is 3.36. The zero-order valence-electron chi connectivity index (χ0n) is 12.5. The van der Waals surface area contributed by atoms with E-state index in [2.05, 4.69) is 31.7 Å². The zero-order chi connectivity index (χ0) is 15.4. The summed E-state index contributed by atoms with van der Waals surface area (Å²) in [5.41, 5.74) is 2.39. The lowest BCUT2D eigenvalue weighted by molar-refractivity contribution is 0.962. The predicted molar refractivity (Wildman–Crippen MR) is 82.9 cm³/mol. The van der Waals surface area contributed by atoms with Crippen molar-refractivity contribution in [3.05, 3.63) is 29.3 Å². The van der Waals surface area contributed by atoms with Gasteiger partial charge in [0, 0.05) is 26.8 Å². The number of aromatic nitrogens is 3. The molecule has 7 nitrogen and oxygen atoms in total. The van der Waals surface area contributed by atoms with Gasteiger partial charge in [0.15, 0.2) is 0 Å². The van der Waals surface area contributed by atoms with Crippen LogP contribution in [-0.2, 0) is 0 Å². The van der Waals surface area contributed by atoms with Crippen LogP contribution in [0.25, 0.3) is 0 Å². The normalized spacial score (nSPS) is 9.86. The lowest BCUT2D eigenvalue weighted by Gasteiger charge is -2.14. The number of rotatable bonds is 4. The van der Waals surface area contributed by atoms with Crippen molar-refractivity contribution in [2.75, 3.05) is 36.7 Å². The Balaban J connectivity index is 2.39. The van der Waals surface area contributed by atoms with E-state index in [1.165, 1.54) is 0 Å². The Morgan fingerprint density at radius 3 is 2.48 bits per heavy atom. The fourth-order valence-electron chi connectivity index (χ4n) is 1.68. The fourth-order valence-corrected chi connectivity index (χ4v) is 1.68. The van der Waals surface area contributed by atoms with Crippen molar-refractivity contribution in [3.8, 4) is 6.07 Å². The van der Waals surface area contributed by atoms with Crippen LogP contribution in [0.15, 0.2) is 18.2 Å². The summed E-state index contributed by atoms with van der Waals surface area (Å²) in [5.74, 6) is 1.45. The minimum atomic E-state index is 0.427. The van der Waals surface area contributed by atoms with Crippen LogP contribution in [-0.4, -0.2) is 36.1 Å². The van der Waals surface area contributed by atoms with Crippen molar-refractivity contribution in [1.82, 2.24) is 15.0 Å². The highest BCUT2D eigenvalue weighted by atomic mass is 15.3. The van der Waals surface area contributed by atoms with E-state index in [0.717, 1.165) is 11.3 Å². The molecule has 0 spiro atoms. The summed E-state index contributed by atoms with van der Waals surface area (Å²) < 4.78 is 0. The van der Waals surface area contributed by atoms with Gasteiger partial charge in [0.05, 0.1) is 11.6 Å². The van der Waals surface area contributed by atoms with Gasteiger partial charge in [-0.3, -0.25) is 0 Å². The number of anilines is 4. The van der Waals surface area contributed by atoms with E-state index >= 15 is 0 Å². The molecule has 1 aromatic carbocycles. The van der Waals surface area contributed by atoms with Crippen molar-refractivity contribution in [2.24, 2.45) is 0 Å². The van der Waals surface area contributed by atoms with E-state index in [9.17, 15) is 0 Å². The van der Waals surface area contributed by atoms with Crippen molar-refractivity contribution in [2.45, 2.75) is 6.92 Å². The molecule has 0 saturated carbocycles. The van der Waals surface area contributed by atoms with Gasteiger partial charge >= 0.3 is 0 Å². The van der Waals surface area contributed by atoms with Crippen LogP contribution in [0, 0.1) is 18.3 Å². The Morgan fingerprint density at radius 2 is 1.86 bits per heavy atom. The molecule has 2 N–H and O–H groups in total. The largest absolute Gasteiger partial charge is 0.357 e. The van der Waals surface area contributed by atoms with Gasteiger partial charge < -0.3 is 15.5 Å². The second-order valence-electron chi connectivity index (χ2n) is 4.69. The third-order valence-corrected chi connectivity index (χ3v) is 2.86. The van der Waals surface area contributed by atoms with Gasteiger partial charge in [-0.15, -0.1) is 0 Å². The highest BCUT2D eigenvalue weighted by Gasteiger charge is 2.09. The van der Waals surface area contributed by atoms with E-state index in [1.54, 1.807) is 24.1 Å². The van der Waals surface area contributed by atoms with Gasteiger partial charge in [0.25, 0.3) is 0 Å². The number of benzene rings is 1.